The Morgan fingerprint density at radius 3 is 2.41 bits per heavy atom. The van der Waals surface area contributed by atoms with Gasteiger partial charge < -0.3 is 10.1 Å². The largest absolute Gasteiger partial charge is 0.491 e. The summed E-state index contributed by atoms with van der Waals surface area (Å²) in [6.45, 7) is -0.508. The van der Waals surface area contributed by atoms with Crippen LogP contribution in [0, 0.1) is 0 Å². The van der Waals surface area contributed by atoms with Gasteiger partial charge in [0.25, 0.3) is 0 Å². The number of benzene rings is 2. The number of allylic oxidation sites excluding steroid dienone is 1. The van der Waals surface area contributed by atoms with Gasteiger partial charge in [-0.1, -0.05) is 18.2 Å². The van der Waals surface area contributed by atoms with E-state index in [1.54, 1.807) is 30.3 Å². The highest BCUT2D eigenvalue weighted by Gasteiger charge is 2.02. The third kappa shape index (κ3) is 4.45. The van der Waals surface area contributed by atoms with Gasteiger partial charge in [-0.3, -0.25) is 4.79 Å². The maximum atomic E-state index is 12.1. The maximum absolute atomic E-state index is 12.1. The third-order valence-corrected chi connectivity index (χ3v) is 3.11. The van der Waals surface area contributed by atoms with Crippen LogP contribution in [0.2, 0.25) is 0 Å². The van der Waals surface area contributed by atoms with E-state index in [0.29, 0.717) is 11.3 Å². The molecule has 3 nitrogen and oxygen atoms in total. The highest BCUT2D eigenvalue weighted by molar-refractivity contribution is 6.06. The van der Waals surface area contributed by atoms with E-state index in [9.17, 15) is 9.18 Å². The number of carbonyl (C=O) groups excluding carboxylic acids is 1. The van der Waals surface area contributed by atoms with Crippen molar-refractivity contribution in [1.82, 2.24) is 0 Å². The fraction of sp³-hybridized carbons (Fsp3) is 0.167. The molecular weight excluding hydrogens is 281 g/mol. The fourth-order valence-electron chi connectivity index (χ4n) is 1.90. The second-order valence-corrected chi connectivity index (χ2v) is 4.63. The average molecular weight is 299 g/mol. The molecule has 0 unspecified atom stereocenters. The average Bonchev–Trinajstić information content (AvgIpc) is 2.58. The van der Waals surface area contributed by atoms with E-state index in [1.807, 2.05) is 31.3 Å². The first-order valence-corrected chi connectivity index (χ1v) is 7.02. The Kier molecular flexibility index (Phi) is 5.72. The van der Waals surface area contributed by atoms with Crippen LogP contribution in [0.15, 0.2) is 54.6 Å². The number of rotatable bonds is 7. The molecular formula is C18H18FNO2. The second kappa shape index (κ2) is 7.98. The molecule has 114 valence electrons. The number of hydrogen-bond donors (Lipinski definition) is 1. The van der Waals surface area contributed by atoms with Crippen LogP contribution in [0.4, 0.5) is 10.1 Å². The van der Waals surface area contributed by atoms with Gasteiger partial charge in [0.15, 0.2) is 5.78 Å². The number of alkyl halides is 1. The smallest absolute Gasteiger partial charge is 0.185 e. The van der Waals surface area contributed by atoms with E-state index in [-0.39, 0.29) is 12.4 Å². The Bertz CT molecular complexity index is 633. The summed E-state index contributed by atoms with van der Waals surface area (Å²) in [6, 6.07) is 14.4. The molecule has 0 saturated carbocycles. The van der Waals surface area contributed by atoms with Gasteiger partial charge in [0.1, 0.15) is 19.0 Å². The van der Waals surface area contributed by atoms with Crippen LogP contribution in [0.5, 0.6) is 5.75 Å². The molecule has 2 aromatic rings. The monoisotopic (exact) mass is 299 g/mol. The lowest BCUT2D eigenvalue weighted by molar-refractivity contribution is 0.104. The molecule has 0 aromatic heterocycles. The molecule has 0 fully saturated rings. The van der Waals surface area contributed by atoms with Crippen LogP contribution in [0.3, 0.4) is 0 Å². The van der Waals surface area contributed by atoms with E-state index in [4.69, 9.17) is 4.74 Å². The van der Waals surface area contributed by atoms with Crippen molar-refractivity contribution in [3.63, 3.8) is 0 Å². The Morgan fingerprint density at radius 2 is 1.82 bits per heavy atom. The molecule has 0 aliphatic carbocycles. The first-order chi connectivity index (χ1) is 10.7. The zero-order valence-electron chi connectivity index (χ0n) is 12.4. The summed E-state index contributed by atoms with van der Waals surface area (Å²) in [5, 5.41) is 3.04. The molecule has 0 amide bonds. The Hall–Kier alpha value is -2.62. The van der Waals surface area contributed by atoms with Crippen LogP contribution in [-0.4, -0.2) is 26.1 Å². The van der Waals surface area contributed by atoms with Gasteiger partial charge in [-0.05, 0) is 48.0 Å². The lowest BCUT2D eigenvalue weighted by atomic mass is 10.1. The zero-order valence-corrected chi connectivity index (χ0v) is 12.4. The second-order valence-electron chi connectivity index (χ2n) is 4.63. The number of anilines is 1. The Labute approximate surface area is 129 Å². The van der Waals surface area contributed by atoms with Crippen LogP contribution in [0.1, 0.15) is 15.9 Å². The van der Waals surface area contributed by atoms with E-state index in [1.165, 1.54) is 6.08 Å². The topological polar surface area (TPSA) is 38.3 Å². The standard InChI is InChI=1S/C18H18FNO2/c1-20-16-7-2-14(3-8-16)4-11-18(21)15-5-9-17(10-6-15)22-13-12-19/h2-11,20H,12-13H2,1H3/b11-4+. The molecule has 0 aliphatic heterocycles. The minimum absolute atomic E-state index is 0.0236. The highest BCUT2D eigenvalue weighted by atomic mass is 19.1. The van der Waals surface area contributed by atoms with Gasteiger partial charge in [0.2, 0.25) is 0 Å². The highest BCUT2D eigenvalue weighted by Crippen LogP contribution is 2.14. The molecule has 22 heavy (non-hydrogen) atoms. The number of hydrogen-bond acceptors (Lipinski definition) is 3. The number of carbonyl (C=O) groups is 1. The minimum Gasteiger partial charge on any atom is -0.491 e. The van der Waals surface area contributed by atoms with Gasteiger partial charge in [-0.25, -0.2) is 4.39 Å². The van der Waals surface area contributed by atoms with E-state index < -0.39 is 6.67 Å². The summed E-state index contributed by atoms with van der Waals surface area (Å²) in [4.78, 5) is 12.1. The lowest BCUT2D eigenvalue weighted by Gasteiger charge is -2.03. The maximum Gasteiger partial charge on any atom is 0.185 e. The van der Waals surface area contributed by atoms with Crippen molar-refractivity contribution in [1.29, 1.82) is 0 Å². The van der Waals surface area contributed by atoms with Crippen LogP contribution >= 0.6 is 0 Å². The molecule has 0 atom stereocenters. The van der Waals surface area contributed by atoms with Crippen molar-refractivity contribution < 1.29 is 13.9 Å². The molecule has 1 N–H and O–H groups in total. The fourth-order valence-corrected chi connectivity index (χ4v) is 1.90. The number of ether oxygens (including phenoxy) is 1. The predicted molar refractivity (Wildman–Crippen MR) is 87.3 cm³/mol. The van der Waals surface area contributed by atoms with Crippen LogP contribution in [0.25, 0.3) is 6.08 Å². The molecule has 0 heterocycles. The predicted octanol–water partition coefficient (Wildman–Crippen LogP) is 3.97. The molecule has 2 rings (SSSR count). The zero-order chi connectivity index (χ0) is 15.8. The van der Waals surface area contributed by atoms with Crippen LogP contribution < -0.4 is 10.1 Å². The van der Waals surface area contributed by atoms with Crippen molar-refractivity contribution in [3.8, 4) is 5.75 Å². The Balaban J connectivity index is 1.99. The van der Waals surface area contributed by atoms with E-state index >= 15 is 0 Å². The minimum atomic E-state index is -0.532. The van der Waals surface area contributed by atoms with Gasteiger partial charge in [0, 0.05) is 18.3 Å². The van der Waals surface area contributed by atoms with Gasteiger partial charge in [0.05, 0.1) is 0 Å². The summed E-state index contributed by atoms with van der Waals surface area (Å²) in [5.74, 6) is 0.468. The first-order valence-electron chi connectivity index (χ1n) is 7.02. The summed E-state index contributed by atoms with van der Waals surface area (Å²) in [6.07, 6.45) is 3.31. The summed E-state index contributed by atoms with van der Waals surface area (Å²) in [7, 11) is 1.86. The van der Waals surface area contributed by atoms with Crippen molar-refractivity contribution in [2.45, 2.75) is 0 Å². The Morgan fingerprint density at radius 1 is 1.14 bits per heavy atom. The van der Waals surface area contributed by atoms with Crippen molar-refractivity contribution in [3.05, 3.63) is 65.7 Å². The number of ketones is 1. The van der Waals surface area contributed by atoms with Crippen molar-refractivity contribution in [2.75, 3.05) is 25.6 Å². The molecule has 0 bridgehead atoms. The molecule has 0 aliphatic rings. The SMILES string of the molecule is CNc1ccc(/C=C/C(=O)c2ccc(OCCF)cc2)cc1. The van der Waals surface area contributed by atoms with E-state index in [2.05, 4.69) is 5.32 Å². The number of halogens is 1. The quantitative estimate of drug-likeness (QED) is 0.621. The van der Waals surface area contributed by atoms with Gasteiger partial charge in [-0.15, -0.1) is 0 Å². The van der Waals surface area contributed by atoms with Crippen molar-refractivity contribution in [2.24, 2.45) is 0 Å². The summed E-state index contributed by atoms with van der Waals surface area (Å²) < 4.78 is 17.1. The summed E-state index contributed by atoms with van der Waals surface area (Å²) >= 11 is 0. The molecule has 0 saturated heterocycles. The third-order valence-electron chi connectivity index (χ3n) is 3.11. The van der Waals surface area contributed by atoms with Gasteiger partial charge in [-0.2, -0.15) is 0 Å². The van der Waals surface area contributed by atoms with Crippen molar-refractivity contribution >= 4 is 17.5 Å². The van der Waals surface area contributed by atoms with E-state index in [0.717, 1.165) is 11.3 Å². The first kappa shape index (κ1) is 15.8. The summed E-state index contributed by atoms with van der Waals surface area (Å²) in [5.41, 5.74) is 2.54. The van der Waals surface area contributed by atoms with Gasteiger partial charge >= 0.3 is 0 Å². The lowest BCUT2D eigenvalue weighted by Crippen LogP contribution is -1.99. The molecule has 0 spiro atoms. The molecule has 4 heteroatoms. The number of nitrogens with one attached hydrogen (secondary N) is 1. The normalized spacial score (nSPS) is 10.6. The van der Waals surface area contributed by atoms with Crippen LogP contribution in [-0.2, 0) is 0 Å². The molecule has 2 aromatic carbocycles. The molecule has 0 radical (unpaired) electrons.